The van der Waals surface area contributed by atoms with E-state index in [1.54, 1.807) is 49.6 Å². The van der Waals surface area contributed by atoms with Gasteiger partial charge in [-0.15, -0.1) is 0 Å². The summed E-state index contributed by atoms with van der Waals surface area (Å²) in [5, 5.41) is 11.6. The Morgan fingerprint density at radius 2 is 1.78 bits per heavy atom. The van der Waals surface area contributed by atoms with Gasteiger partial charge >= 0.3 is 0 Å². The molecule has 1 aliphatic heterocycles. The van der Waals surface area contributed by atoms with Crippen LogP contribution in [0, 0.1) is 0 Å². The van der Waals surface area contributed by atoms with Crippen LogP contribution < -0.4 is 9.47 Å². The normalized spacial score (nSPS) is 17.8. The molecule has 0 radical (unpaired) electrons. The van der Waals surface area contributed by atoms with Crippen molar-refractivity contribution in [3.8, 4) is 11.5 Å². The predicted molar refractivity (Wildman–Crippen MR) is 123 cm³/mol. The molecule has 8 heteroatoms. The third-order valence-electron chi connectivity index (χ3n) is 5.40. The Morgan fingerprint density at radius 1 is 1.09 bits per heavy atom. The van der Waals surface area contributed by atoms with Gasteiger partial charge in [0.2, 0.25) is 0 Å². The minimum absolute atomic E-state index is 0.0191. The number of hydrogen-bond acceptors (Lipinski definition) is 6. The number of nitrogens with zero attached hydrogens (tertiary/aromatic N) is 2. The number of carbonyl (C=O) groups is 2. The molecule has 32 heavy (non-hydrogen) atoms. The maximum atomic E-state index is 13.1. The lowest BCUT2D eigenvalue weighted by molar-refractivity contribution is -0.140. The molecule has 1 fully saturated rings. The lowest BCUT2D eigenvalue weighted by Gasteiger charge is -2.27. The largest absolute Gasteiger partial charge is 0.507 e. The van der Waals surface area contributed by atoms with E-state index in [2.05, 4.69) is 0 Å². The Hall–Kier alpha value is -3.03. The van der Waals surface area contributed by atoms with E-state index < -0.39 is 17.7 Å². The molecular formula is C24H27ClN2O5. The van der Waals surface area contributed by atoms with Gasteiger partial charge in [0.05, 0.1) is 25.8 Å². The number of amides is 1. The van der Waals surface area contributed by atoms with Gasteiger partial charge in [-0.05, 0) is 63.5 Å². The van der Waals surface area contributed by atoms with E-state index in [1.807, 2.05) is 19.0 Å². The van der Waals surface area contributed by atoms with Crippen molar-refractivity contribution in [3.05, 3.63) is 64.2 Å². The van der Waals surface area contributed by atoms with Crippen molar-refractivity contribution in [2.24, 2.45) is 0 Å². The first-order valence-electron chi connectivity index (χ1n) is 10.2. The number of rotatable bonds is 8. The number of carbonyl (C=O) groups excluding carboxylic acids is 2. The van der Waals surface area contributed by atoms with Crippen LogP contribution in [0.15, 0.2) is 48.0 Å². The van der Waals surface area contributed by atoms with E-state index in [1.165, 1.54) is 12.0 Å². The number of benzene rings is 2. The molecular weight excluding hydrogens is 432 g/mol. The summed E-state index contributed by atoms with van der Waals surface area (Å²) in [5.74, 6) is -0.603. The maximum absolute atomic E-state index is 13.1. The Balaban J connectivity index is 2.16. The van der Waals surface area contributed by atoms with Crippen molar-refractivity contribution < 1.29 is 24.2 Å². The summed E-state index contributed by atoms with van der Waals surface area (Å²) in [4.78, 5) is 29.6. The maximum Gasteiger partial charge on any atom is 0.295 e. The van der Waals surface area contributed by atoms with Gasteiger partial charge in [-0.2, -0.15) is 0 Å². The average molecular weight is 459 g/mol. The quantitative estimate of drug-likeness (QED) is 0.369. The number of ketones is 1. The highest BCUT2D eigenvalue weighted by Crippen LogP contribution is 2.43. The first-order chi connectivity index (χ1) is 15.3. The highest BCUT2D eigenvalue weighted by atomic mass is 35.5. The number of Topliss-reactive ketones (excluding diaryl/α,β-unsaturated/α-hetero) is 1. The summed E-state index contributed by atoms with van der Waals surface area (Å²) in [7, 11) is 6.94. The van der Waals surface area contributed by atoms with E-state index in [4.69, 9.17) is 21.1 Å². The lowest BCUT2D eigenvalue weighted by atomic mass is 9.94. The van der Waals surface area contributed by atoms with Crippen molar-refractivity contribution in [3.63, 3.8) is 0 Å². The van der Waals surface area contributed by atoms with Gasteiger partial charge < -0.3 is 24.4 Å². The van der Waals surface area contributed by atoms with Crippen molar-refractivity contribution in [1.29, 1.82) is 0 Å². The number of aliphatic hydroxyl groups excluding tert-OH is 1. The van der Waals surface area contributed by atoms with Gasteiger partial charge in [0, 0.05) is 28.8 Å². The highest BCUT2D eigenvalue weighted by Gasteiger charge is 2.46. The average Bonchev–Trinajstić information content (AvgIpc) is 3.03. The van der Waals surface area contributed by atoms with E-state index >= 15 is 0 Å². The fraction of sp³-hybridized carbons (Fsp3) is 0.333. The molecule has 1 heterocycles. The number of aliphatic hydroxyl groups is 1. The topological polar surface area (TPSA) is 79.3 Å². The molecule has 1 amide bonds. The molecule has 2 aromatic carbocycles. The van der Waals surface area contributed by atoms with Gasteiger partial charge in [0.15, 0.2) is 0 Å². The Labute approximate surface area is 192 Å². The fourth-order valence-corrected chi connectivity index (χ4v) is 3.92. The minimum atomic E-state index is -0.798. The summed E-state index contributed by atoms with van der Waals surface area (Å²) in [6.07, 6.45) is 0.663. The molecule has 3 rings (SSSR count). The van der Waals surface area contributed by atoms with Crippen LogP contribution in [0.2, 0.25) is 5.02 Å². The predicted octanol–water partition coefficient (Wildman–Crippen LogP) is 3.73. The number of ether oxygens (including phenoxy) is 2. The van der Waals surface area contributed by atoms with Gasteiger partial charge in [-0.1, -0.05) is 11.6 Å². The minimum Gasteiger partial charge on any atom is -0.507 e. The molecule has 1 saturated heterocycles. The smallest absolute Gasteiger partial charge is 0.295 e. The van der Waals surface area contributed by atoms with E-state index in [0.717, 1.165) is 6.54 Å². The molecule has 2 aromatic rings. The molecule has 0 aromatic heterocycles. The van der Waals surface area contributed by atoms with Crippen LogP contribution >= 0.6 is 11.6 Å². The van der Waals surface area contributed by atoms with Crippen LogP contribution in [0.25, 0.3) is 5.76 Å². The van der Waals surface area contributed by atoms with Crippen LogP contribution in [-0.4, -0.2) is 68.0 Å². The van der Waals surface area contributed by atoms with Crippen molar-refractivity contribution in [1.82, 2.24) is 9.80 Å². The molecule has 1 aliphatic rings. The summed E-state index contributed by atoms with van der Waals surface area (Å²) in [5.41, 5.74) is 1.01. The van der Waals surface area contributed by atoms with Crippen molar-refractivity contribution >= 4 is 29.1 Å². The zero-order valence-electron chi connectivity index (χ0n) is 18.6. The molecule has 0 aliphatic carbocycles. The summed E-state index contributed by atoms with van der Waals surface area (Å²) < 4.78 is 10.8. The van der Waals surface area contributed by atoms with Gasteiger partial charge in [-0.3, -0.25) is 9.59 Å². The van der Waals surface area contributed by atoms with Crippen LogP contribution in [0.5, 0.6) is 11.5 Å². The lowest BCUT2D eigenvalue weighted by Crippen LogP contribution is -2.32. The molecule has 0 spiro atoms. The number of hydrogen-bond donors (Lipinski definition) is 1. The van der Waals surface area contributed by atoms with E-state index in [0.29, 0.717) is 40.6 Å². The van der Waals surface area contributed by atoms with Gasteiger partial charge in [0.25, 0.3) is 11.7 Å². The van der Waals surface area contributed by atoms with Gasteiger partial charge in [-0.25, -0.2) is 0 Å². The number of halogens is 1. The third-order valence-corrected chi connectivity index (χ3v) is 5.65. The second-order valence-corrected chi connectivity index (χ2v) is 8.20. The van der Waals surface area contributed by atoms with E-state index in [9.17, 15) is 14.7 Å². The first kappa shape index (κ1) is 23.6. The molecule has 170 valence electrons. The van der Waals surface area contributed by atoms with Crippen LogP contribution in [0.1, 0.15) is 23.6 Å². The second kappa shape index (κ2) is 10.1. The SMILES string of the molecule is COc1ccc(C2/C(=C(/O)c3ccc(Cl)cc3)C(=O)C(=O)N2CCCN(C)C)c(OC)c1. The van der Waals surface area contributed by atoms with Gasteiger partial charge in [0.1, 0.15) is 17.3 Å². The molecule has 0 saturated carbocycles. The van der Waals surface area contributed by atoms with Crippen LogP contribution in [0.4, 0.5) is 0 Å². The Morgan fingerprint density at radius 3 is 2.38 bits per heavy atom. The third kappa shape index (κ3) is 4.74. The first-order valence-corrected chi connectivity index (χ1v) is 10.6. The fourth-order valence-electron chi connectivity index (χ4n) is 3.80. The summed E-state index contributed by atoms with van der Waals surface area (Å²) in [6, 6.07) is 10.8. The molecule has 1 unspecified atom stereocenters. The molecule has 0 bridgehead atoms. The van der Waals surface area contributed by atoms with Crippen molar-refractivity contribution in [2.45, 2.75) is 12.5 Å². The number of likely N-dealkylation sites (tertiary alicyclic amines) is 1. The summed E-state index contributed by atoms with van der Waals surface area (Å²) >= 11 is 5.97. The standard InChI is InChI=1S/C24H27ClN2O5/c1-26(2)12-5-13-27-21(18-11-10-17(31-3)14-19(18)32-4)20(23(29)24(27)30)22(28)15-6-8-16(25)9-7-15/h6-11,14,21,28H,5,12-13H2,1-4H3/b22-20-. The van der Waals surface area contributed by atoms with Crippen molar-refractivity contribution in [2.75, 3.05) is 41.4 Å². The zero-order valence-corrected chi connectivity index (χ0v) is 19.3. The zero-order chi connectivity index (χ0) is 23.4. The van der Waals surface area contributed by atoms with Crippen LogP contribution in [-0.2, 0) is 9.59 Å². The summed E-state index contributed by atoms with van der Waals surface area (Å²) in [6.45, 7) is 1.09. The Bertz CT molecular complexity index is 1030. The Kier molecular flexibility index (Phi) is 7.43. The second-order valence-electron chi connectivity index (χ2n) is 7.76. The number of methoxy groups -OCH3 is 2. The highest BCUT2D eigenvalue weighted by molar-refractivity contribution is 6.46. The molecule has 1 atom stereocenters. The molecule has 1 N–H and O–H groups in total. The van der Waals surface area contributed by atoms with E-state index in [-0.39, 0.29) is 11.3 Å². The van der Waals surface area contributed by atoms with Crippen LogP contribution in [0.3, 0.4) is 0 Å². The molecule has 7 nitrogen and oxygen atoms in total. The monoisotopic (exact) mass is 458 g/mol.